The summed E-state index contributed by atoms with van der Waals surface area (Å²) in [4.78, 5) is 13.0. The average Bonchev–Trinajstić information content (AvgIpc) is 3.51. The molecule has 3 nitrogen and oxygen atoms in total. The number of fused-ring (bicyclic) bond motifs is 12. The summed E-state index contributed by atoms with van der Waals surface area (Å²) in [5, 5.41) is 3.57. The van der Waals surface area contributed by atoms with Crippen LogP contribution in [0, 0.1) is 0 Å². The third kappa shape index (κ3) is 3.40. The molecule has 0 saturated heterocycles. The van der Waals surface area contributed by atoms with Gasteiger partial charge in [0.2, 0.25) is 5.95 Å². The number of benzene rings is 8. The first kappa shape index (κ1) is 27.9. The molecule has 0 amide bonds. The zero-order valence-corrected chi connectivity index (χ0v) is 28.1. The molecule has 2 heterocycles. The van der Waals surface area contributed by atoms with Gasteiger partial charge < -0.3 is 0 Å². The van der Waals surface area contributed by atoms with Crippen LogP contribution in [-0.4, -0.2) is 9.97 Å². The van der Waals surface area contributed by atoms with Crippen molar-refractivity contribution >= 4 is 39.0 Å². The Bertz CT molecular complexity index is 2930. The van der Waals surface area contributed by atoms with Gasteiger partial charge in [0, 0.05) is 21.9 Å². The van der Waals surface area contributed by atoms with Crippen molar-refractivity contribution < 1.29 is 0 Å². The predicted octanol–water partition coefficient (Wildman–Crippen LogP) is 12.2. The zero-order valence-electron chi connectivity index (χ0n) is 28.1. The van der Waals surface area contributed by atoms with Crippen LogP contribution >= 0.6 is 0 Å². The Balaban J connectivity index is 1.23. The smallest absolute Gasteiger partial charge is 0.235 e. The SMILES string of the molecule is c1ccc(-c2nc(N3c4ccccc4-c4ccc5c6c(ccc3c46)C3(c4ccccc4-c4ccccc43)c3ccccc3-5)nc3ccccc23)cc1. The Kier molecular flexibility index (Phi) is 5.43. The van der Waals surface area contributed by atoms with E-state index >= 15 is 0 Å². The molecule has 3 heteroatoms. The molecule has 0 bridgehead atoms. The number of aromatic nitrogens is 2. The molecule has 0 radical (unpaired) electrons. The van der Waals surface area contributed by atoms with E-state index in [1.807, 2.05) is 0 Å². The molecule has 52 heavy (non-hydrogen) atoms. The van der Waals surface area contributed by atoms with Crippen LogP contribution in [-0.2, 0) is 5.41 Å². The van der Waals surface area contributed by atoms with Gasteiger partial charge in [-0.05, 0) is 73.7 Å². The van der Waals surface area contributed by atoms with Gasteiger partial charge in [-0.25, -0.2) is 9.97 Å². The number of rotatable bonds is 2. The average molecular weight is 660 g/mol. The first-order chi connectivity index (χ1) is 25.8. The molecular formula is C49H29N3. The van der Waals surface area contributed by atoms with Crippen LogP contribution in [0.5, 0.6) is 0 Å². The lowest BCUT2D eigenvalue weighted by Gasteiger charge is -2.42. The van der Waals surface area contributed by atoms with E-state index in [4.69, 9.17) is 9.97 Å². The van der Waals surface area contributed by atoms with Gasteiger partial charge in [-0.15, -0.1) is 0 Å². The number of nitrogens with zero attached hydrogens (tertiary/aromatic N) is 3. The third-order valence-electron chi connectivity index (χ3n) is 11.6. The van der Waals surface area contributed by atoms with E-state index in [-0.39, 0.29) is 0 Å². The molecular weight excluding hydrogens is 631 g/mol. The summed E-state index contributed by atoms with van der Waals surface area (Å²) in [6.45, 7) is 0. The standard InChI is InChI=1S/C49H29N3/c1-2-14-30(15-3-1)47-37-20-7-12-24-42(37)50-48(51-47)52-43-25-13-8-19-34(43)36-27-26-35-33-18-6-11-23-40(33)49(41-28-29-44(52)46(36)45(35)41)38-21-9-4-16-31(38)32-17-5-10-22-39(32)49/h1-29H. The van der Waals surface area contributed by atoms with Crippen molar-refractivity contribution in [2.75, 3.05) is 4.90 Å². The van der Waals surface area contributed by atoms with Crippen LogP contribution in [0.1, 0.15) is 22.3 Å². The Morgan fingerprint density at radius 2 is 0.923 bits per heavy atom. The second-order valence-corrected chi connectivity index (χ2v) is 14.0. The van der Waals surface area contributed by atoms with E-state index in [1.165, 1.54) is 66.4 Å². The molecule has 1 aliphatic heterocycles. The quantitative estimate of drug-likeness (QED) is 0.185. The molecule has 9 aromatic rings. The number of anilines is 3. The largest absolute Gasteiger partial charge is 0.278 e. The van der Waals surface area contributed by atoms with Crippen LogP contribution in [0.2, 0.25) is 0 Å². The molecule has 0 saturated carbocycles. The van der Waals surface area contributed by atoms with Crippen molar-refractivity contribution in [1.29, 1.82) is 0 Å². The van der Waals surface area contributed by atoms with Gasteiger partial charge in [-0.2, -0.15) is 0 Å². The van der Waals surface area contributed by atoms with Gasteiger partial charge in [-0.1, -0.05) is 158 Å². The minimum absolute atomic E-state index is 0.463. The third-order valence-corrected chi connectivity index (χ3v) is 11.6. The number of hydrogen-bond acceptors (Lipinski definition) is 3. The molecule has 12 rings (SSSR count). The fourth-order valence-electron chi connectivity index (χ4n) is 9.65. The fraction of sp³-hybridized carbons (Fsp3) is 0.0204. The highest BCUT2D eigenvalue weighted by atomic mass is 15.3. The van der Waals surface area contributed by atoms with E-state index in [2.05, 4.69) is 181 Å². The summed E-state index contributed by atoms with van der Waals surface area (Å²) in [6, 6.07) is 64.1. The highest BCUT2D eigenvalue weighted by Crippen LogP contribution is 2.64. The molecule has 1 aromatic heterocycles. The topological polar surface area (TPSA) is 29.0 Å². The Morgan fingerprint density at radius 3 is 1.63 bits per heavy atom. The molecule has 2 aliphatic carbocycles. The van der Waals surface area contributed by atoms with Crippen molar-refractivity contribution in [2.24, 2.45) is 0 Å². The molecule has 1 spiro atoms. The van der Waals surface area contributed by atoms with Gasteiger partial charge in [0.25, 0.3) is 0 Å². The van der Waals surface area contributed by atoms with Gasteiger partial charge >= 0.3 is 0 Å². The zero-order chi connectivity index (χ0) is 34.0. The normalized spacial score (nSPS) is 13.9. The Morgan fingerprint density at radius 1 is 0.365 bits per heavy atom. The first-order valence-electron chi connectivity index (χ1n) is 17.9. The van der Waals surface area contributed by atoms with Crippen molar-refractivity contribution in [2.45, 2.75) is 5.41 Å². The Labute approximate surface area is 301 Å². The van der Waals surface area contributed by atoms with E-state index in [0.29, 0.717) is 5.95 Å². The monoisotopic (exact) mass is 659 g/mol. The summed E-state index contributed by atoms with van der Waals surface area (Å²) < 4.78 is 0. The molecule has 3 aliphatic rings. The minimum Gasteiger partial charge on any atom is -0.278 e. The maximum absolute atomic E-state index is 5.41. The van der Waals surface area contributed by atoms with Crippen molar-refractivity contribution in [3.63, 3.8) is 0 Å². The second kappa shape index (κ2) is 10.1. The predicted molar refractivity (Wildman–Crippen MR) is 212 cm³/mol. The molecule has 0 unspecified atom stereocenters. The lowest BCUT2D eigenvalue weighted by Crippen LogP contribution is -2.32. The van der Waals surface area contributed by atoms with Crippen LogP contribution in [0.4, 0.5) is 17.3 Å². The molecule has 240 valence electrons. The summed E-state index contributed by atoms with van der Waals surface area (Å²) in [7, 11) is 0. The molecule has 0 atom stereocenters. The summed E-state index contributed by atoms with van der Waals surface area (Å²) in [6.07, 6.45) is 0. The van der Waals surface area contributed by atoms with Crippen LogP contribution in [0.3, 0.4) is 0 Å². The van der Waals surface area contributed by atoms with E-state index < -0.39 is 5.41 Å². The van der Waals surface area contributed by atoms with Crippen molar-refractivity contribution in [3.05, 3.63) is 198 Å². The van der Waals surface area contributed by atoms with Crippen molar-refractivity contribution in [3.8, 4) is 44.6 Å². The van der Waals surface area contributed by atoms with E-state index in [0.717, 1.165) is 33.5 Å². The minimum atomic E-state index is -0.463. The van der Waals surface area contributed by atoms with E-state index in [9.17, 15) is 0 Å². The van der Waals surface area contributed by atoms with Crippen LogP contribution < -0.4 is 4.90 Å². The van der Waals surface area contributed by atoms with Crippen LogP contribution in [0.25, 0.3) is 66.3 Å². The van der Waals surface area contributed by atoms with Gasteiger partial charge in [0.15, 0.2) is 0 Å². The molecule has 0 N–H and O–H groups in total. The van der Waals surface area contributed by atoms with Gasteiger partial charge in [-0.3, -0.25) is 4.90 Å². The van der Waals surface area contributed by atoms with Gasteiger partial charge in [0.1, 0.15) is 0 Å². The molecule has 8 aromatic carbocycles. The van der Waals surface area contributed by atoms with Crippen LogP contribution in [0.15, 0.2) is 176 Å². The maximum atomic E-state index is 5.41. The summed E-state index contributed by atoms with van der Waals surface area (Å²) >= 11 is 0. The maximum Gasteiger partial charge on any atom is 0.235 e. The summed E-state index contributed by atoms with van der Waals surface area (Å²) in [5.74, 6) is 0.666. The Hall–Kier alpha value is -6.84. The fourth-order valence-corrected chi connectivity index (χ4v) is 9.65. The second-order valence-electron chi connectivity index (χ2n) is 14.0. The highest BCUT2D eigenvalue weighted by molar-refractivity contribution is 6.20. The van der Waals surface area contributed by atoms with E-state index in [1.54, 1.807) is 0 Å². The lowest BCUT2D eigenvalue weighted by atomic mass is 9.61. The number of hydrogen-bond donors (Lipinski definition) is 0. The van der Waals surface area contributed by atoms with Crippen molar-refractivity contribution in [1.82, 2.24) is 9.97 Å². The van der Waals surface area contributed by atoms with Gasteiger partial charge in [0.05, 0.1) is 28.0 Å². The highest BCUT2D eigenvalue weighted by Gasteiger charge is 2.50. The first-order valence-corrected chi connectivity index (χ1v) is 17.9. The lowest BCUT2D eigenvalue weighted by molar-refractivity contribution is 0.773. The number of para-hydroxylation sites is 2. The summed E-state index contributed by atoms with van der Waals surface area (Å²) in [5.41, 5.74) is 17.5. The molecule has 0 fully saturated rings.